The summed E-state index contributed by atoms with van der Waals surface area (Å²) in [5.41, 5.74) is 0.117. The summed E-state index contributed by atoms with van der Waals surface area (Å²) in [5, 5.41) is 3.07. The molecule has 2 N–H and O–H groups in total. The summed E-state index contributed by atoms with van der Waals surface area (Å²) in [6.07, 6.45) is 0.617. The van der Waals surface area contributed by atoms with Crippen molar-refractivity contribution >= 4 is 10.0 Å². The number of hydrogen-bond acceptors (Lipinski definition) is 3. The van der Waals surface area contributed by atoms with Gasteiger partial charge in [-0.1, -0.05) is 19.9 Å². The fourth-order valence-corrected chi connectivity index (χ4v) is 3.18. The number of hydrogen-bond donors (Lipinski definition) is 2. The Labute approximate surface area is 120 Å². The summed E-state index contributed by atoms with van der Waals surface area (Å²) in [7, 11) is -3.84. The van der Waals surface area contributed by atoms with Crippen LogP contribution in [0.25, 0.3) is 0 Å². The van der Waals surface area contributed by atoms with Crippen LogP contribution in [0.1, 0.15) is 39.7 Å². The van der Waals surface area contributed by atoms with Gasteiger partial charge >= 0.3 is 0 Å². The normalized spacial score (nSPS) is 12.7. The van der Waals surface area contributed by atoms with E-state index >= 15 is 0 Å². The lowest BCUT2D eigenvalue weighted by Crippen LogP contribution is -2.42. The van der Waals surface area contributed by atoms with E-state index in [2.05, 4.69) is 10.0 Å². The number of benzene rings is 1. The van der Waals surface area contributed by atoms with E-state index < -0.39 is 21.4 Å². The molecule has 0 heterocycles. The average molecular weight is 302 g/mol. The van der Waals surface area contributed by atoms with Gasteiger partial charge in [-0.15, -0.1) is 0 Å². The number of halogens is 1. The molecule has 0 atom stereocenters. The van der Waals surface area contributed by atoms with Crippen LogP contribution in [0, 0.1) is 5.82 Å². The molecule has 6 heteroatoms. The zero-order valence-electron chi connectivity index (χ0n) is 12.5. The maximum Gasteiger partial charge on any atom is 0.243 e. The summed E-state index contributed by atoms with van der Waals surface area (Å²) in [6.45, 7) is 8.64. The fraction of sp³-hybridized carbons (Fsp3) is 0.571. The number of sulfonamides is 1. The Kier molecular flexibility index (Phi) is 5.68. The first-order chi connectivity index (χ1) is 9.22. The first-order valence-electron chi connectivity index (χ1n) is 6.75. The molecule has 20 heavy (non-hydrogen) atoms. The first-order valence-corrected chi connectivity index (χ1v) is 8.23. The van der Waals surface area contributed by atoms with Crippen LogP contribution in [0.2, 0.25) is 0 Å². The third kappa shape index (κ3) is 4.54. The highest BCUT2D eigenvalue weighted by atomic mass is 32.2. The second-order valence-corrected chi connectivity index (χ2v) is 7.04. The van der Waals surface area contributed by atoms with Gasteiger partial charge in [-0.05, 0) is 44.5 Å². The van der Waals surface area contributed by atoms with Crippen molar-refractivity contribution in [3.8, 4) is 0 Å². The molecule has 0 radical (unpaired) electrons. The highest BCUT2D eigenvalue weighted by Crippen LogP contribution is 2.19. The SMILES string of the molecule is CCNCc1ccc(S(=O)(=O)NC(C)(C)CC)c(F)c1. The van der Waals surface area contributed by atoms with E-state index in [1.165, 1.54) is 12.1 Å². The van der Waals surface area contributed by atoms with Gasteiger partial charge < -0.3 is 5.32 Å². The maximum absolute atomic E-state index is 14.0. The minimum absolute atomic E-state index is 0.306. The predicted molar refractivity (Wildman–Crippen MR) is 78.5 cm³/mol. The van der Waals surface area contributed by atoms with Crippen molar-refractivity contribution < 1.29 is 12.8 Å². The van der Waals surface area contributed by atoms with Crippen LogP contribution in [0.5, 0.6) is 0 Å². The fourth-order valence-electron chi connectivity index (χ4n) is 1.63. The van der Waals surface area contributed by atoms with Gasteiger partial charge in [-0.25, -0.2) is 17.5 Å². The van der Waals surface area contributed by atoms with Gasteiger partial charge in [-0.3, -0.25) is 0 Å². The Hall–Kier alpha value is -0.980. The molecule has 0 saturated carbocycles. The van der Waals surface area contributed by atoms with Gasteiger partial charge in [0.15, 0.2) is 0 Å². The third-order valence-corrected chi connectivity index (χ3v) is 4.89. The smallest absolute Gasteiger partial charge is 0.243 e. The second-order valence-electron chi connectivity index (χ2n) is 5.39. The highest BCUT2D eigenvalue weighted by molar-refractivity contribution is 7.89. The second kappa shape index (κ2) is 6.65. The third-order valence-electron chi connectivity index (χ3n) is 3.16. The topological polar surface area (TPSA) is 58.2 Å². The maximum atomic E-state index is 14.0. The van der Waals surface area contributed by atoms with Crippen LogP contribution >= 0.6 is 0 Å². The standard InChI is InChI=1S/C14H23FN2O2S/c1-5-14(3,4)17-20(18,19)13-8-7-11(9-12(13)15)10-16-6-2/h7-9,16-17H,5-6,10H2,1-4H3. The van der Waals surface area contributed by atoms with E-state index in [0.717, 1.165) is 12.1 Å². The van der Waals surface area contributed by atoms with Gasteiger partial charge in [0.2, 0.25) is 10.0 Å². The van der Waals surface area contributed by atoms with E-state index in [4.69, 9.17) is 0 Å². The minimum Gasteiger partial charge on any atom is -0.313 e. The van der Waals surface area contributed by atoms with Crippen molar-refractivity contribution in [1.29, 1.82) is 0 Å². The Morgan fingerprint density at radius 1 is 1.25 bits per heavy atom. The molecular weight excluding hydrogens is 279 g/mol. The predicted octanol–water partition coefficient (Wildman–Crippen LogP) is 2.40. The van der Waals surface area contributed by atoms with Crippen molar-refractivity contribution in [3.05, 3.63) is 29.6 Å². The molecule has 0 aromatic heterocycles. The molecule has 1 rings (SSSR count). The zero-order chi connectivity index (χ0) is 15.4. The Morgan fingerprint density at radius 3 is 2.40 bits per heavy atom. The molecule has 0 aliphatic carbocycles. The lowest BCUT2D eigenvalue weighted by atomic mass is 10.0. The van der Waals surface area contributed by atoms with E-state index in [1.807, 2.05) is 13.8 Å². The van der Waals surface area contributed by atoms with Crippen molar-refractivity contribution in [2.24, 2.45) is 0 Å². The minimum atomic E-state index is -3.84. The molecule has 114 valence electrons. The summed E-state index contributed by atoms with van der Waals surface area (Å²) in [5.74, 6) is -0.722. The molecule has 0 fully saturated rings. The van der Waals surface area contributed by atoms with Gasteiger partial charge in [0.05, 0.1) is 0 Å². The molecule has 0 spiro atoms. The lowest BCUT2D eigenvalue weighted by molar-refractivity contribution is 0.437. The Morgan fingerprint density at radius 2 is 1.90 bits per heavy atom. The van der Waals surface area contributed by atoms with E-state index in [1.54, 1.807) is 19.9 Å². The molecule has 0 bridgehead atoms. The summed E-state index contributed by atoms with van der Waals surface area (Å²) in [6, 6.07) is 4.20. The van der Waals surface area contributed by atoms with Crippen LogP contribution in [-0.4, -0.2) is 20.5 Å². The van der Waals surface area contributed by atoms with Crippen molar-refractivity contribution in [1.82, 2.24) is 10.0 Å². The largest absolute Gasteiger partial charge is 0.313 e. The van der Waals surface area contributed by atoms with Crippen LogP contribution < -0.4 is 10.0 Å². The molecule has 0 aliphatic rings. The molecule has 0 saturated heterocycles. The molecule has 0 amide bonds. The van der Waals surface area contributed by atoms with Gasteiger partial charge in [0.25, 0.3) is 0 Å². The number of rotatable bonds is 7. The lowest BCUT2D eigenvalue weighted by Gasteiger charge is -2.24. The first kappa shape index (κ1) is 17.1. The van der Waals surface area contributed by atoms with Gasteiger partial charge in [0.1, 0.15) is 10.7 Å². The number of nitrogens with one attached hydrogen (secondary N) is 2. The molecule has 1 aromatic rings. The van der Waals surface area contributed by atoms with Crippen molar-refractivity contribution in [2.45, 2.75) is 51.1 Å². The van der Waals surface area contributed by atoms with Crippen molar-refractivity contribution in [3.63, 3.8) is 0 Å². The van der Waals surface area contributed by atoms with Crippen molar-refractivity contribution in [2.75, 3.05) is 6.54 Å². The average Bonchev–Trinajstić information content (AvgIpc) is 2.34. The highest BCUT2D eigenvalue weighted by Gasteiger charge is 2.26. The molecule has 0 unspecified atom stereocenters. The zero-order valence-corrected chi connectivity index (χ0v) is 13.3. The summed E-state index contributed by atoms with van der Waals surface area (Å²) in [4.78, 5) is -0.306. The van der Waals surface area contributed by atoms with E-state index in [-0.39, 0.29) is 4.90 Å². The van der Waals surface area contributed by atoms with Crippen LogP contribution in [0.4, 0.5) is 4.39 Å². The molecule has 0 aliphatic heterocycles. The Balaban J connectivity index is 3.02. The molecule has 4 nitrogen and oxygen atoms in total. The van der Waals surface area contributed by atoms with E-state index in [0.29, 0.717) is 13.0 Å². The van der Waals surface area contributed by atoms with E-state index in [9.17, 15) is 12.8 Å². The molecule has 1 aromatic carbocycles. The monoisotopic (exact) mass is 302 g/mol. The summed E-state index contributed by atoms with van der Waals surface area (Å²) >= 11 is 0. The van der Waals surface area contributed by atoms with Gasteiger partial charge in [-0.2, -0.15) is 0 Å². The molecular formula is C14H23FN2O2S. The van der Waals surface area contributed by atoms with Gasteiger partial charge in [0, 0.05) is 12.1 Å². The van der Waals surface area contributed by atoms with Crippen LogP contribution in [-0.2, 0) is 16.6 Å². The van der Waals surface area contributed by atoms with Crippen LogP contribution in [0.15, 0.2) is 23.1 Å². The summed E-state index contributed by atoms with van der Waals surface area (Å²) < 4.78 is 40.9. The quantitative estimate of drug-likeness (QED) is 0.813. The van der Waals surface area contributed by atoms with Crippen LogP contribution in [0.3, 0.4) is 0 Å². The Bertz CT molecular complexity index is 556.